The lowest BCUT2D eigenvalue weighted by Crippen LogP contribution is -2.24. The minimum atomic E-state index is -0.170. The highest BCUT2D eigenvalue weighted by Gasteiger charge is 2.23. The molecular weight excluding hydrogens is 300 g/mol. The fraction of sp³-hybridized carbons (Fsp3) is 0.412. The van der Waals surface area contributed by atoms with E-state index in [0.29, 0.717) is 23.2 Å². The summed E-state index contributed by atoms with van der Waals surface area (Å²) in [6.45, 7) is 8.34. The second kappa shape index (κ2) is 6.53. The second-order valence-electron chi connectivity index (χ2n) is 6.32. The van der Waals surface area contributed by atoms with Crippen molar-refractivity contribution in [3.8, 4) is 0 Å². The van der Waals surface area contributed by atoms with E-state index < -0.39 is 0 Å². The van der Waals surface area contributed by atoms with E-state index in [2.05, 4.69) is 10.3 Å². The second-order valence-corrected chi connectivity index (χ2v) is 6.73. The van der Waals surface area contributed by atoms with Crippen molar-refractivity contribution < 1.29 is 9.21 Å². The van der Waals surface area contributed by atoms with Gasteiger partial charge < -0.3 is 9.73 Å². The fourth-order valence-corrected chi connectivity index (χ4v) is 2.16. The maximum absolute atomic E-state index is 12.1. The molecule has 22 heavy (non-hydrogen) atoms. The van der Waals surface area contributed by atoms with Crippen LogP contribution in [0, 0.1) is 6.92 Å². The molecule has 1 aromatic heterocycles. The summed E-state index contributed by atoms with van der Waals surface area (Å²) in [5.74, 6) is 1.15. The van der Waals surface area contributed by atoms with E-state index >= 15 is 0 Å². The van der Waals surface area contributed by atoms with Crippen LogP contribution in [-0.2, 0) is 23.2 Å². The van der Waals surface area contributed by atoms with Crippen LogP contribution in [0.15, 0.2) is 28.7 Å². The summed E-state index contributed by atoms with van der Waals surface area (Å²) in [6, 6.07) is 7.45. The highest BCUT2D eigenvalue weighted by molar-refractivity contribution is 6.31. The minimum absolute atomic E-state index is 0.111. The van der Waals surface area contributed by atoms with E-state index in [4.69, 9.17) is 16.0 Å². The highest BCUT2D eigenvalue weighted by Crippen LogP contribution is 2.24. The minimum Gasteiger partial charge on any atom is -0.444 e. The molecule has 0 aliphatic heterocycles. The van der Waals surface area contributed by atoms with Gasteiger partial charge in [-0.2, -0.15) is 0 Å². The van der Waals surface area contributed by atoms with Gasteiger partial charge in [0.15, 0.2) is 5.89 Å². The van der Waals surface area contributed by atoms with E-state index in [0.717, 1.165) is 11.3 Å². The van der Waals surface area contributed by atoms with Crippen molar-refractivity contribution in [2.24, 2.45) is 0 Å². The van der Waals surface area contributed by atoms with Crippen molar-refractivity contribution >= 4 is 17.5 Å². The number of aryl methyl sites for hydroxylation is 1. The Morgan fingerprint density at radius 1 is 1.32 bits per heavy atom. The van der Waals surface area contributed by atoms with Crippen LogP contribution in [0.2, 0.25) is 5.02 Å². The summed E-state index contributed by atoms with van der Waals surface area (Å²) < 4.78 is 5.73. The number of oxazole rings is 1. The molecule has 118 valence electrons. The van der Waals surface area contributed by atoms with Crippen LogP contribution >= 0.6 is 11.6 Å². The molecule has 1 heterocycles. The molecule has 0 unspecified atom stereocenters. The first-order valence-electron chi connectivity index (χ1n) is 7.24. The van der Waals surface area contributed by atoms with E-state index in [1.54, 1.807) is 6.07 Å². The quantitative estimate of drug-likeness (QED) is 0.932. The number of amides is 1. The number of nitrogens with zero attached hydrogens (tertiary/aromatic N) is 1. The number of carbonyl (C=O) groups excluding carboxylic acids is 1. The molecule has 0 fully saturated rings. The lowest BCUT2D eigenvalue weighted by molar-refractivity contribution is -0.120. The number of hydrogen-bond acceptors (Lipinski definition) is 3. The molecule has 0 spiro atoms. The van der Waals surface area contributed by atoms with Crippen LogP contribution in [0.3, 0.4) is 0 Å². The standard InChI is InChI=1S/C17H21ClN2O2/c1-11-14(22-16(20-11)17(2,3)4)9-15(21)19-10-12-7-5-6-8-13(12)18/h5-8H,9-10H2,1-4H3,(H,19,21). The van der Waals surface area contributed by atoms with Gasteiger partial charge in [-0.25, -0.2) is 4.98 Å². The van der Waals surface area contributed by atoms with Gasteiger partial charge in [0.05, 0.1) is 12.1 Å². The van der Waals surface area contributed by atoms with E-state index in [9.17, 15) is 4.79 Å². The van der Waals surface area contributed by atoms with Crippen LogP contribution in [0.5, 0.6) is 0 Å². The lowest BCUT2D eigenvalue weighted by atomic mass is 9.97. The zero-order chi connectivity index (χ0) is 16.3. The number of aromatic nitrogens is 1. The molecular formula is C17H21ClN2O2. The third-order valence-corrected chi connectivity index (χ3v) is 3.66. The summed E-state index contributed by atoms with van der Waals surface area (Å²) >= 11 is 6.07. The molecule has 0 atom stereocenters. The average Bonchev–Trinajstić information content (AvgIpc) is 2.79. The number of carbonyl (C=O) groups is 1. The number of halogens is 1. The van der Waals surface area contributed by atoms with Gasteiger partial charge in [-0.05, 0) is 18.6 Å². The van der Waals surface area contributed by atoms with Gasteiger partial charge >= 0.3 is 0 Å². The number of hydrogen-bond donors (Lipinski definition) is 1. The predicted molar refractivity (Wildman–Crippen MR) is 86.9 cm³/mol. The summed E-state index contributed by atoms with van der Waals surface area (Å²) in [4.78, 5) is 16.5. The molecule has 1 aromatic carbocycles. The molecule has 1 N–H and O–H groups in total. The van der Waals surface area contributed by atoms with E-state index in [1.165, 1.54) is 0 Å². The molecule has 0 aliphatic rings. The fourth-order valence-electron chi connectivity index (χ4n) is 1.96. The Labute approximate surface area is 135 Å². The van der Waals surface area contributed by atoms with Gasteiger partial charge in [0.25, 0.3) is 0 Å². The Bertz CT molecular complexity index is 672. The zero-order valence-corrected chi connectivity index (χ0v) is 14.1. The molecule has 0 bridgehead atoms. The van der Waals surface area contributed by atoms with Gasteiger partial charge in [-0.1, -0.05) is 50.6 Å². The van der Waals surface area contributed by atoms with E-state index in [-0.39, 0.29) is 17.7 Å². The highest BCUT2D eigenvalue weighted by atomic mass is 35.5. The summed E-state index contributed by atoms with van der Waals surface area (Å²) in [6.07, 6.45) is 0.180. The monoisotopic (exact) mass is 320 g/mol. The van der Waals surface area contributed by atoms with Gasteiger partial charge in [-0.3, -0.25) is 4.79 Å². The lowest BCUT2D eigenvalue weighted by Gasteiger charge is -2.12. The van der Waals surface area contributed by atoms with Crippen molar-refractivity contribution in [3.63, 3.8) is 0 Å². The Balaban J connectivity index is 1.98. The van der Waals surface area contributed by atoms with Gasteiger partial charge in [0.2, 0.25) is 5.91 Å². The molecule has 0 aliphatic carbocycles. The SMILES string of the molecule is Cc1nc(C(C)(C)C)oc1CC(=O)NCc1ccccc1Cl. The van der Waals surface area contributed by atoms with Crippen molar-refractivity contribution in [1.82, 2.24) is 10.3 Å². The third-order valence-electron chi connectivity index (χ3n) is 3.29. The van der Waals surface area contributed by atoms with Crippen LogP contribution in [-0.4, -0.2) is 10.9 Å². The zero-order valence-electron chi connectivity index (χ0n) is 13.4. The van der Waals surface area contributed by atoms with Crippen molar-refractivity contribution in [2.45, 2.75) is 46.1 Å². The summed E-state index contributed by atoms with van der Waals surface area (Å²) in [5.41, 5.74) is 1.48. The van der Waals surface area contributed by atoms with Crippen LogP contribution in [0.4, 0.5) is 0 Å². The predicted octanol–water partition coefficient (Wildman–Crippen LogP) is 3.79. The first-order chi connectivity index (χ1) is 10.3. The number of rotatable bonds is 4. The molecule has 1 amide bonds. The van der Waals surface area contributed by atoms with Crippen molar-refractivity contribution in [3.05, 3.63) is 52.2 Å². The normalized spacial score (nSPS) is 11.5. The molecule has 4 nitrogen and oxygen atoms in total. The topological polar surface area (TPSA) is 55.1 Å². The Morgan fingerprint density at radius 2 is 2.00 bits per heavy atom. The molecule has 0 saturated carbocycles. The number of benzene rings is 1. The van der Waals surface area contributed by atoms with Gasteiger partial charge in [0.1, 0.15) is 5.76 Å². The molecule has 5 heteroatoms. The maximum Gasteiger partial charge on any atom is 0.227 e. The average molecular weight is 321 g/mol. The first kappa shape index (κ1) is 16.6. The summed E-state index contributed by atoms with van der Waals surface area (Å²) in [7, 11) is 0. The molecule has 0 saturated heterocycles. The number of nitrogens with one attached hydrogen (secondary N) is 1. The maximum atomic E-state index is 12.1. The Kier molecular flexibility index (Phi) is 4.91. The van der Waals surface area contributed by atoms with E-state index in [1.807, 2.05) is 45.9 Å². The first-order valence-corrected chi connectivity index (χ1v) is 7.62. The van der Waals surface area contributed by atoms with Crippen LogP contribution in [0.25, 0.3) is 0 Å². The smallest absolute Gasteiger partial charge is 0.227 e. The Hall–Kier alpha value is -1.81. The van der Waals surface area contributed by atoms with Gasteiger partial charge in [-0.15, -0.1) is 0 Å². The molecule has 2 aromatic rings. The van der Waals surface area contributed by atoms with Gasteiger partial charge in [0, 0.05) is 17.0 Å². The largest absolute Gasteiger partial charge is 0.444 e. The molecule has 2 rings (SSSR count). The van der Waals surface area contributed by atoms with Crippen LogP contribution in [0.1, 0.15) is 43.7 Å². The van der Waals surface area contributed by atoms with Crippen molar-refractivity contribution in [2.75, 3.05) is 0 Å². The van der Waals surface area contributed by atoms with Crippen molar-refractivity contribution in [1.29, 1.82) is 0 Å². The Morgan fingerprint density at radius 3 is 2.59 bits per heavy atom. The molecule has 0 radical (unpaired) electrons. The van der Waals surface area contributed by atoms with Crippen LogP contribution < -0.4 is 5.32 Å². The summed E-state index contributed by atoms with van der Waals surface area (Å²) in [5, 5.41) is 3.50. The third kappa shape index (κ3) is 4.10.